The molecule has 5 atom stereocenters. The third kappa shape index (κ3) is 2.71. The lowest BCUT2D eigenvalue weighted by Gasteiger charge is -2.40. The lowest BCUT2D eigenvalue weighted by atomic mass is 9.99. The van der Waals surface area contributed by atoms with Crippen LogP contribution in [-0.4, -0.2) is 66.3 Å². The van der Waals surface area contributed by atoms with E-state index >= 15 is 0 Å². The molecule has 1 heterocycles. The second-order valence-corrected chi connectivity index (χ2v) is 3.42. The summed E-state index contributed by atoms with van der Waals surface area (Å²) in [5, 5.41) is 28.5. The molecular formula is C10H16O6. The van der Waals surface area contributed by atoms with Gasteiger partial charge in [0.2, 0.25) is 0 Å². The fourth-order valence-electron chi connectivity index (χ4n) is 1.59. The van der Waals surface area contributed by atoms with Crippen molar-refractivity contribution in [3.05, 3.63) is 0 Å². The number of hydrogen-bond donors (Lipinski definition) is 3. The first kappa shape index (κ1) is 13.4. The summed E-state index contributed by atoms with van der Waals surface area (Å²) in [5.41, 5.74) is 0. The Morgan fingerprint density at radius 1 is 1.38 bits per heavy atom. The molecule has 16 heavy (non-hydrogen) atoms. The number of hydrogen-bond acceptors (Lipinski definition) is 6. The monoisotopic (exact) mass is 232 g/mol. The molecule has 1 rings (SSSR count). The van der Waals surface area contributed by atoms with Crippen molar-refractivity contribution in [1.82, 2.24) is 0 Å². The third-order valence-corrected chi connectivity index (χ3v) is 2.41. The van der Waals surface area contributed by atoms with Crippen molar-refractivity contribution in [2.75, 3.05) is 20.3 Å². The number of aliphatic hydroxyl groups excluding tert-OH is 3. The van der Waals surface area contributed by atoms with Crippen LogP contribution < -0.4 is 0 Å². The van der Waals surface area contributed by atoms with E-state index in [1.807, 2.05) is 0 Å². The van der Waals surface area contributed by atoms with E-state index in [2.05, 4.69) is 5.92 Å². The molecule has 1 fully saturated rings. The minimum atomic E-state index is -1.16. The summed E-state index contributed by atoms with van der Waals surface area (Å²) < 4.78 is 15.1. The van der Waals surface area contributed by atoms with Crippen LogP contribution in [0.4, 0.5) is 0 Å². The van der Waals surface area contributed by atoms with Gasteiger partial charge in [-0.1, -0.05) is 5.92 Å². The summed E-state index contributed by atoms with van der Waals surface area (Å²) in [6.07, 6.45) is -0.0466. The van der Waals surface area contributed by atoms with Crippen LogP contribution >= 0.6 is 0 Å². The van der Waals surface area contributed by atoms with E-state index in [1.54, 1.807) is 0 Å². The van der Waals surface area contributed by atoms with Gasteiger partial charge in [0.25, 0.3) is 0 Å². The van der Waals surface area contributed by atoms with Crippen molar-refractivity contribution >= 4 is 0 Å². The van der Waals surface area contributed by atoms with Gasteiger partial charge in [0.1, 0.15) is 31.0 Å². The fourth-order valence-corrected chi connectivity index (χ4v) is 1.59. The van der Waals surface area contributed by atoms with Crippen molar-refractivity contribution in [2.45, 2.75) is 30.7 Å². The molecule has 0 aromatic rings. The highest BCUT2D eigenvalue weighted by molar-refractivity contribution is 4.92. The SMILES string of the molecule is C#CCO[C@@H]1[C@@H](O)[C@@H](OC)O[C@H](CO)[C@H]1O. The van der Waals surface area contributed by atoms with Crippen molar-refractivity contribution in [2.24, 2.45) is 0 Å². The topological polar surface area (TPSA) is 88.4 Å². The molecule has 0 spiro atoms. The highest BCUT2D eigenvalue weighted by atomic mass is 16.7. The second-order valence-electron chi connectivity index (χ2n) is 3.42. The zero-order chi connectivity index (χ0) is 12.1. The van der Waals surface area contributed by atoms with E-state index in [1.165, 1.54) is 7.11 Å². The van der Waals surface area contributed by atoms with Gasteiger partial charge in [0.15, 0.2) is 6.29 Å². The Balaban J connectivity index is 2.72. The Hall–Kier alpha value is -0.680. The molecule has 0 bridgehead atoms. The lowest BCUT2D eigenvalue weighted by molar-refractivity contribution is -0.300. The van der Waals surface area contributed by atoms with Gasteiger partial charge in [-0.2, -0.15) is 0 Å². The first-order chi connectivity index (χ1) is 7.65. The minimum absolute atomic E-state index is 0.0482. The van der Waals surface area contributed by atoms with Crippen molar-refractivity contribution in [3.8, 4) is 12.3 Å². The average Bonchev–Trinajstić information content (AvgIpc) is 2.29. The van der Waals surface area contributed by atoms with Gasteiger partial charge in [0.05, 0.1) is 6.61 Å². The molecule has 0 radical (unpaired) electrons. The van der Waals surface area contributed by atoms with Gasteiger partial charge >= 0.3 is 0 Å². The Morgan fingerprint density at radius 2 is 2.06 bits per heavy atom. The maximum Gasteiger partial charge on any atom is 0.186 e. The van der Waals surface area contributed by atoms with Gasteiger partial charge in [-0.05, 0) is 0 Å². The van der Waals surface area contributed by atoms with Crippen LogP contribution in [0.3, 0.4) is 0 Å². The standard InChI is InChI=1S/C10H16O6/c1-3-4-15-9-7(12)6(5-11)16-10(14-2)8(9)13/h1,6-13H,4-5H2,2H3/t6-,7-,8-,9+,10+/m1/s1. The smallest absolute Gasteiger partial charge is 0.186 e. The van der Waals surface area contributed by atoms with Crippen LogP contribution in [0.15, 0.2) is 0 Å². The molecule has 1 saturated heterocycles. The fraction of sp³-hybridized carbons (Fsp3) is 0.800. The summed E-state index contributed by atoms with van der Waals surface area (Å²) in [7, 11) is 1.35. The molecule has 6 heteroatoms. The Kier molecular flexibility index (Phi) is 5.15. The van der Waals surface area contributed by atoms with Gasteiger partial charge < -0.3 is 29.5 Å². The molecule has 92 valence electrons. The van der Waals surface area contributed by atoms with Crippen molar-refractivity contribution in [1.29, 1.82) is 0 Å². The molecule has 0 aliphatic carbocycles. The quantitative estimate of drug-likeness (QED) is 0.490. The van der Waals surface area contributed by atoms with Gasteiger partial charge in [0, 0.05) is 7.11 Å². The van der Waals surface area contributed by atoms with Crippen LogP contribution in [0.2, 0.25) is 0 Å². The van der Waals surface area contributed by atoms with Crippen LogP contribution in [0.25, 0.3) is 0 Å². The van der Waals surface area contributed by atoms with Gasteiger partial charge in [-0.25, -0.2) is 0 Å². The summed E-state index contributed by atoms with van der Waals surface area (Å²) in [5.74, 6) is 2.23. The van der Waals surface area contributed by atoms with E-state index < -0.39 is 37.3 Å². The molecule has 3 N–H and O–H groups in total. The minimum Gasteiger partial charge on any atom is -0.394 e. The maximum absolute atomic E-state index is 9.75. The average molecular weight is 232 g/mol. The largest absolute Gasteiger partial charge is 0.394 e. The van der Waals surface area contributed by atoms with Crippen LogP contribution in [0.1, 0.15) is 0 Å². The van der Waals surface area contributed by atoms with Crippen LogP contribution in [0.5, 0.6) is 0 Å². The number of aliphatic hydroxyl groups is 3. The van der Waals surface area contributed by atoms with Crippen LogP contribution in [-0.2, 0) is 14.2 Å². The lowest BCUT2D eigenvalue weighted by Crippen LogP contribution is -2.59. The van der Waals surface area contributed by atoms with Crippen LogP contribution in [0, 0.1) is 12.3 Å². The highest BCUT2D eigenvalue weighted by Crippen LogP contribution is 2.23. The second kappa shape index (κ2) is 6.15. The molecule has 1 aliphatic rings. The van der Waals surface area contributed by atoms with E-state index in [4.69, 9.17) is 25.7 Å². The van der Waals surface area contributed by atoms with E-state index in [0.717, 1.165) is 0 Å². The Labute approximate surface area is 93.7 Å². The number of terminal acetylenes is 1. The van der Waals surface area contributed by atoms with Gasteiger partial charge in [-0.3, -0.25) is 0 Å². The summed E-state index contributed by atoms with van der Waals surface area (Å²) in [6, 6.07) is 0. The molecule has 0 unspecified atom stereocenters. The Morgan fingerprint density at radius 3 is 2.56 bits per heavy atom. The first-order valence-electron chi connectivity index (χ1n) is 4.86. The number of ether oxygens (including phenoxy) is 3. The maximum atomic E-state index is 9.75. The van der Waals surface area contributed by atoms with Crippen molar-refractivity contribution in [3.63, 3.8) is 0 Å². The zero-order valence-corrected chi connectivity index (χ0v) is 8.94. The molecule has 6 nitrogen and oxygen atoms in total. The molecular weight excluding hydrogens is 216 g/mol. The zero-order valence-electron chi connectivity index (χ0n) is 8.94. The predicted molar refractivity (Wildman–Crippen MR) is 53.3 cm³/mol. The summed E-state index contributed by atoms with van der Waals surface area (Å²) >= 11 is 0. The summed E-state index contributed by atoms with van der Waals surface area (Å²) in [6.45, 7) is -0.447. The number of methoxy groups -OCH3 is 1. The summed E-state index contributed by atoms with van der Waals surface area (Å²) in [4.78, 5) is 0. The Bertz CT molecular complexity index is 234. The molecule has 0 aromatic heterocycles. The van der Waals surface area contributed by atoms with E-state index in [9.17, 15) is 10.2 Å². The normalized spacial score (nSPS) is 39.3. The molecule has 1 aliphatic heterocycles. The molecule has 0 aromatic carbocycles. The van der Waals surface area contributed by atoms with E-state index in [0.29, 0.717) is 0 Å². The first-order valence-corrected chi connectivity index (χ1v) is 4.86. The van der Waals surface area contributed by atoms with Crippen molar-refractivity contribution < 1.29 is 29.5 Å². The van der Waals surface area contributed by atoms with Gasteiger partial charge in [-0.15, -0.1) is 6.42 Å². The number of rotatable bonds is 4. The predicted octanol–water partition coefficient (Wildman–Crippen LogP) is -1.91. The molecule has 0 saturated carbocycles. The third-order valence-electron chi connectivity index (χ3n) is 2.41. The van der Waals surface area contributed by atoms with E-state index in [-0.39, 0.29) is 6.61 Å². The molecule has 0 amide bonds. The highest BCUT2D eigenvalue weighted by Gasteiger charge is 2.45.